The lowest BCUT2D eigenvalue weighted by Gasteiger charge is -2.33. The van der Waals surface area contributed by atoms with E-state index in [1.807, 2.05) is 39.0 Å². The van der Waals surface area contributed by atoms with Gasteiger partial charge in [-0.15, -0.1) is 0 Å². The van der Waals surface area contributed by atoms with Gasteiger partial charge in [0.25, 0.3) is 5.91 Å². The van der Waals surface area contributed by atoms with Crippen molar-refractivity contribution in [2.45, 2.75) is 39.7 Å². The third-order valence-corrected chi connectivity index (χ3v) is 5.26. The lowest BCUT2D eigenvalue weighted by atomic mass is 9.95. The zero-order valence-corrected chi connectivity index (χ0v) is 16.7. The van der Waals surface area contributed by atoms with Gasteiger partial charge in [0, 0.05) is 18.7 Å². The second-order valence-electron chi connectivity index (χ2n) is 7.75. The standard InChI is InChI=1S/C23H27FN2O2/c1-15-10-16(2)12-20(11-15)23(28)26-9-5-7-19(14-26)22(27)25-17(3)18-6-4-8-21(24)13-18/h4,6,8,10-13,17,19H,5,7,9,14H2,1-3H3,(H,25,27). The first kappa shape index (κ1) is 20.1. The molecule has 4 nitrogen and oxygen atoms in total. The summed E-state index contributed by atoms with van der Waals surface area (Å²) in [6, 6.07) is 11.8. The molecule has 2 unspecified atom stereocenters. The van der Waals surface area contributed by atoms with E-state index < -0.39 is 0 Å². The lowest BCUT2D eigenvalue weighted by Crippen LogP contribution is -2.45. The van der Waals surface area contributed by atoms with Crippen LogP contribution in [0.3, 0.4) is 0 Å². The Hall–Kier alpha value is -2.69. The van der Waals surface area contributed by atoms with Gasteiger partial charge in [0.05, 0.1) is 12.0 Å². The summed E-state index contributed by atoms with van der Waals surface area (Å²) in [5, 5.41) is 2.97. The number of amides is 2. The highest BCUT2D eigenvalue weighted by Gasteiger charge is 2.29. The van der Waals surface area contributed by atoms with Gasteiger partial charge in [-0.25, -0.2) is 4.39 Å². The fraction of sp³-hybridized carbons (Fsp3) is 0.391. The number of rotatable bonds is 4. The molecule has 0 aliphatic carbocycles. The number of halogens is 1. The fourth-order valence-electron chi connectivity index (χ4n) is 3.85. The SMILES string of the molecule is Cc1cc(C)cc(C(=O)N2CCCC(C(=O)NC(C)c3cccc(F)c3)C2)c1. The Kier molecular flexibility index (Phi) is 6.12. The predicted octanol–water partition coefficient (Wildman–Crippen LogP) is 4.17. The van der Waals surface area contributed by atoms with Crippen LogP contribution in [0.5, 0.6) is 0 Å². The number of piperidine rings is 1. The van der Waals surface area contributed by atoms with Crippen LogP contribution in [-0.2, 0) is 4.79 Å². The molecule has 1 aliphatic rings. The van der Waals surface area contributed by atoms with Crippen molar-refractivity contribution in [2.24, 2.45) is 5.92 Å². The lowest BCUT2D eigenvalue weighted by molar-refractivity contribution is -0.127. The van der Waals surface area contributed by atoms with E-state index in [4.69, 9.17) is 0 Å². The molecule has 1 heterocycles. The van der Waals surface area contributed by atoms with E-state index in [0.717, 1.165) is 29.5 Å². The van der Waals surface area contributed by atoms with Gasteiger partial charge in [-0.3, -0.25) is 9.59 Å². The van der Waals surface area contributed by atoms with E-state index in [2.05, 4.69) is 5.32 Å². The monoisotopic (exact) mass is 382 g/mol. The minimum Gasteiger partial charge on any atom is -0.349 e. The Balaban J connectivity index is 1.65. The Bertz CT molecular complexity index is 860. The molecule has 0 bridgehead atoms. The number of hydrogen-bond acceptors (Lipinski definition) is 2. The van der Waals surface area contributed by atoms with Crippen LogP contribution in [0.4, 0.5) is 4.39 Å². The molecule has 1 saturated heterocycles. The van der Waals surface area contributed by atoms with Crippen LogP contribution >= 0.6 is 0 Å². The Morgan fingerprint density at radius 3 is 2.54 bits per heavy atom. The first-order chi connectivity index (χ1) is 13.3. The first-order valence-electron chi connectivity index (χ1n) is 9.77. The van der Waals surface area contributed by atoms with Crippen molar-refractivity contribution in [3.63, 3.8) is 0 Å². The molecule has 148 valence electrons. The maximum atomic E-state index is 13.4. The third kappa shape index (κ3) is 4.77. The zero-order chi connectivity index (χ0) is 20.3. The van der Waals surface area contributed by atoms with E-state index in [-0.39, 0.29) is 29.6 Å². The normalized spacial score (nSPS) is 17.9. The maximum Gasteiger partial charge on any atom is 0.253 e. The summed E-state index contributed by atoms with van der Waals surface area (Å²) >= 11 is 0. The molecular weight excluding hydrogens is 355 g/mol. The van der Waals surface area contributed by atoms with E-state index in [9.17, 15) is 14.0 Å². The molecule has 28 heavy (non-hydrogen) atoms. The molecular formula is C23H27FN2O2. The smallest absolute Gasteiger partial charge is 0.253 e. The second-order valence-corrected chi connectivity index (χ2v) is 7.75. The maximum absolute atomic E-state index is 13.4. The molecule has 0 saturated carbocycles. The molecule has 3 rings (SSSR count). The molecule has 0 aromatic heterocycles. The molecule has 2 aromatic carbocycles. The number of carbonyl (C=O) groups is 2. The number of nitrogens with one attached hydrogen (secondary N) is 1. The van der Waals surface area contributed by atoms with E-state index in [1.165, 1.54) is 12.1 Å². The number of hydrogen-bond donors (Lipinski definition) is 1. The van der Waals surface area contributed by atoms with E-state index >= 15 is 0 Å². The fourth-order valence-corrected chi connectivity index (χ4v) is 3.85. The van der Waals surface area contributed by atoms with Crippen molar-refractivity contribution in [3.05, 3.63) is 70.5 Å². The Morgan fingerprint density at radius 1 is 1.14 bits per heavy atom. The van der Waals surface area contributed by atoms with Gasteiger partial charge in [-0.2, -0.15) is 0 Å². The van der Waals surface area contributed by atoms with Gasteiger partial charge in [-0.05, 0) is 63.4 Å². The summed E-state index contributed by atoms with van der Waals surface area (Å²) in [6.07, 6.45) is 1.54. The van der Waals surface area contributed by atoms with Crippen molar-refractivity contribution in [1.82, 2.24) is 10.2 Å². The van der Waals surface area contributed by atoms with Gasteiger partial charge < -0.3 is 10.2 Å². The number of benzene rings is 2. The molecule has 1 aliphatic heterocycles. The number of nitrogens with zero attached hydrogens (tertiary/aromatic N) is 1. The summed E-state index contributed by atoms with van der Waals surface area (Å²) in [6.45, 7) is 6.87. The molecule has 2 amide bonds. The van der Waals surface area contributed by atoms with Crippen LogP contribution in [0, 0.1) is 25.6 Å². The molecule has 0 radical (unpaired) electrons. The van der Waals surface area contributed by atoms with Crippen LogP contribution in [0.25, 0.3) is 0 Å². The number of carbonyl (C=O) groups excluding carboxylic acids is 2. The highest BCUT2D eigenvalue weighted by molar-refractivity contribution is 5.95. The first-order valence-corrected chi connectivity index (χ1v) is 9.77. The van der Waals surface area contributed by atoms with Crippen molar-refractivity contribution < 1.29 is 14.0 Å². The minimum absolute atomic E-state index is 0.0255. The molecule has 1 N–H and O–H groups in total. The summed E-state index contributed by atoms with van der Waals surface area (Å²) in [7, 11) is 0. The van der Waals surface area contributed by atoms with Crippen LogP contribution in [0.2, 0.25) is 0 Å². The summed E-state index contributed by atoms with van der Waals surface area (Å²) in [5.74, 6) is -0.682. The van der Waals surface area contributed by atoms with Gasteiger partial charge in [0.2, 0.25) is 5.91 Å². The van der Waals surface area contributed by atoms with Crippen molar-refractivity contribution in [1.29, 1.82) is 0 Å². The average molecular weight is 382 g/mol. The Labute approximate surface area is 165 Å². The quantitative estimate of drug-likeness (QED) is 0.863. The summed E-state index contributed by atoms with van der Waals surface area (Å²) in [4.78, 5) is 27.4. The highest BCUT2D eigenvalue weighted by atomic mass is 19.1. The van der Waals surface area contributed by atoms with Gasteiger partial charge in [0.15, 0.2) is 0 Å². The average Bonchev–Trinajstić information content (AvgIpc) is 2.66. The molecule has 1 fully saturated rings. The largest absolute Gasteiger partial charge is 0.349 e. The highest BCUT2D eigenvalue weighted by Crippen LogP contribution is 2.22. The van der Waals surface area contributed by atoms with E-state index in [0.29, 0.717) is 18.7 Å². The number of likely N-dealkylation sites (tertiary alicyclic amines) is 1. The predicted molar refractivity (Wildman–Crippen MR) is 108 cm³/mol. The van der Waals surface area contributed by atoms with Crippen molar-refractivity contribution >= 4 is 11.8 Å². The molecule has 0 spiro atoms. The van der Waals surface area contributed by atoms with Crippen molar-refractivity contribution in [2.75, 3.05) is 13.1 Å². The molecule has 2 aromatic rings. The van der Waals surface area contributed by atoms with E-state index in [1.54, 1.807) is 17.0 Å². The molecule has 2 atom stereocenters. The minimum atomic E-state index is -0.318. The third-order valence-electron chi connectivity index (χ3n) is 5.26. The van der Waals surface area contributed by atoms with Crippen LogP contribution < -0.4 is 5.32 Å². The molecule has 5 heteroatoms. The van der Waals surface area contributed by atoms with Gasteiger partial charge in [0.1, 0.15) is 5.82 Å². The van der Waals surface area contributed by atoms with Crippen LogP contribution in [0.1, 0.15) is 52.9 Å². The zero-order valence-electron chi connectivity index (χ0n) is 16.7. The summed E-state index contributed by atoms with van der Waals surface area (Å²) in [5.41, 5.74) is 3.51. The van der Waals surface area contributed by atoms with Gasteiger partial charge >= 0.3 is 0 Å². The van der Waals surface area contributed by atoms with Crippen molar-refractivity contribution in [3.8, 4) is 0 Å². The second kappa shape index (κ2) is 8.55. The number of aryl methyl sites for hydroxylation is 2. The van der Waals surface area contributed by atoms with Crippen LogP contribution in [0.15, 0.2) is 42.5 Å². The Morgan fingerprint density at radius 2 is 1.86 bits per heavy atom. The van der Waals surface area contributed by atoms with Gasteiger partial charge in [-0.1, -0.05) is 29.3 Å². The van der Waals surface area contributed by atoms with Crippen LogP contribution in [-0.4, -0.2) is 29.8 Å². The topological polar surface area (TPSA) is 49.4 Å². The summed E-state index contributed by atoms with van der Waals surface area (Å²) < 4.78 is 13.4.